The minimum Gasteiger partial charge on any atom is -0.0882 e. The van der Waals surface area contributed by atoms with E-state index >= 15 is 0 Å². The average molecular weight is 188 g/mol. The van der Waals surface area contributed by atoms with Crippen molar-refractivity contribution >= 4 is 0 Å². The highest BCUT2D eigenvalue weighted by Crippen LogP contribution is 2.53. The molecule has 2 bridgehead atoms. The van der Waals surface area contributed by atoms with Crippen molar-refractivity contribution < 1.29 is 0 Å². The zero-order chi connectivity index (χ0) is 9.60. The van der Waals surface area contributed by atoms with Gasteiger partial charge in [0.2, 0.25) is 0 Å². The fourth-order valence-corrected chi connectivity index (χ4v) is 3.95. The summed E-state index contributed by atoms with van der Waals surface area (Å²) in [5, 5.41) is 0. The van der Waals surface area contributed by atoms with E-state index in [0.29, 0.717) is 5.41 Å². The van der Waals surface area contributed by atoms with Gasteiger partial charge in [-0.15, -0.1) is 0 Å². The SMILES string of the molecule is CC12C=CC(CCC3C=CCCC31)C2. The summed E-state index contributed by atoms with van der Waals surface area (Å²) < 4.78 is 0. The highest BCUT2D eigenvalue weighted by molar-refractivity contribution is 5.17. The Bertz CT molecular complexity index is 286. The molecule has 1 fully saturated rings. The van der Waals surface area contributed by atoms with Crippen molar-refractivity contribution in [2.24, 2.45) is 23.2 Å². The maximum absolute atomic E-state index is 2.54. The molecular formula is C14H20. The van der Waals surface area contributed by atoms with E-state index in [0.717, 1.165) is 17.8 Å². The van der Waals surface area contributed by atoms with Crippen molar-refractivity contribution in [1.82, 2.24) is 0 Å². The molecule has 0 heteroatoms. The van der Waals surface area contributed by atoms with Crippen LogP contribution in [0.2, 0.25) is 0 Å². The average Bonchev–Trinajstić information content (AvgIpc) is 2.51. The van der Waals surface area contributed by atoms with Crippen LogP contribution in [0.15, 0.2) is 24.3 Å². The second-order valence-corrected chi connectivity index (χ2v) is 5.68. The molecule has 0 spiro atoms. The minimum atomic E-state index is 0.538. The van der Waals surface area contributed by atoms with Gasteiger partial charge < -0.3 is 0 Å². The van der Waals surface area contributed by atoms with Crippen molar-refractivity contribution in [3.8, 4) is 0 Å². The Morgan fingerprint density at radius 3 is 3.00 bits per heavy atom. The first kappa shape index (κ1) is 8.76. The van der Waals surface area contributed by atoms with Crippen LogP contribution in [-0.4, -0.2) is 0 Å². The molecule has 3 aliphatic carbocycles. The molecule has 4 atom stereocenters. The summed E-state index contributed by atoms with van der Waals surface area (Å²) in [6.07, 6.45) is 17.0. The van der Waals surface area contributed by atoms with Gasteiger partial charge >= 0.3 is 0 Å². The van der Waals surface area contributed by atoms with E-state index in [9.17, 15) is 0 Å². The van der Waals surface area contributed by atoms with E-state index < -0.39 is 0 Å². The molecule has 0 amide bonds. The van der Waals surface area contributed by atoms with Gasteiger partial charge in [-0.3, -0.25) is 0 Å². The number of hydrogen-bond donors (Lipinski definition) is 0. The summed E-state index contributed by atoms with van der Waals surface area (Å²) in [6.45, 7) is 2.49. The third-order valence-electron chi connectivity index (χ3n) is 4.71. The first-order valence-corrected chi connectivity index (χ1v) is 6.14. The van der Waals surface area contributed by atoms with Crippen LogP contribution in [0.25, 0.3) is 0 Å². The Hall–Kier alpha value is -0.520. The van der Waals surface area contributed by atoms with E-state index in [-0.39, 0.29) is 0 Å². The van der Waals surface area contributed by atoms with Gasteiger partial charge in [-0.25, -0.2) is 0 Å². The van der Waals surface area contributed by atoms with Gasteiger partial charge in [0.05, 0.1) is 0 Å². The van der Waals surface area contributed by atoms with Gasteiger partial charge in [-0.1, -0.05) is 31.2 Å². The Balaban J connectivity index is 1.96. The standard InChI is InChI=1S/C14H20/c1-14-9-8-11(10-14)6-7-12-4-2-3-5-13(12)14/h2,4,8-9,11-13H,3,5-7,10H2,1H3. The van der Waals surface area contributed by atoms with Crippen molar-refractivity contribution in [1.29, 1.82) is 0 Å². The summed E-state index contributed by atoms with van der Waals surface area (Å²) in [7, 11) is 0. The lowest BCUT2D eigenvalue weighted by Crippen LogP contribution is -2.29. The maximum atomic E-state index is 2.54. The molecule has 0 aromatic heterocycles. The molecule has 0 radical (unpaired) electrons. The van der Waals surface area contributed by atoms with Gasteiger partial charge in [-0.05, 0) is 55.3 Å². The molecular weight excluding hydrogens is 168 g/mol. The Labute approximate surface area is 87.1 Å². The normalized spacial score (nSPS) is 50.2. The van der Waals surface area contributed by atoms with Gasteiger partial charge in [-0.2, -0.15) is 0 Å². The predicted octanol–water partition coefficient (Wildman–Crippen LogP) is 3.95. The zero-order valence-electron chi connectivity index (χ0n) is 9.08. The van der Waals surface area contributed by atoms with E-state index in [1.165, 1.54) is 32.1 Å². The molecule has 76 valence electrons. The van der Waals surface area contributed by atoms with Gasteiger partial charge in [0.25, 0.3) is 0 Å². The molecule has 0 N–H and O–H groups in total. The number of allylic oxidation sites excluding steroid dienone is 4. The van der Waals surface area contributed by atoms with Crippen LogP contribution in [-0.2, 0) is 0 Å². The van der Waals surface area contributed by atoms with Crippen LogP contribution in [0.4, 0.5) is 0 Å². The van der Waals surface area contributed by atoms with Crippen LogP contribution in [0.1, 0.15) is 39.0 Å². The van der Waals surface area contributed by atoms with Crippen molar-refractivity contribution in [3.63, 3.8) is 0 Å². The molecule has 0 heterocycles. The smallest absolute Gasteiger partial charge is 0.0107 e. The Morgan fingerprint density at radius 1 is 1.14 bits per heavy atom. The molecule has 4 unspecified atom stereocenters. The summed E-state index contributed by atoms with van der Waals surface area (Å²) in [5.74, 6) is 2.74. The largest absolute Gasteiger partial charge is 0.0882 e. The second kappa shape index (κ2) is 2.98. The van der Waals surface area contributed by atoms with E-state index in [4.69, 9.17) is 0 Å². The number of hydrogen-bond acceptors (Lipinski definition) is 0. The second-order valence-electron chi connectivity index (χ2n) is 5.68. The summed E-state index contributed by atoms with van der Waals surface area (Å²) in [4.78, 5) is 0. The van der Waals surface area contributed by atoms with Gasteiger partial charge in [0.1, 0.15) is 0 Å². The first-order chi connectivity index (χ1) is 6.78. The molecule has 0 aromatic carbocycles. The molecule has 0 aromatic rings. The zero-order valence-corrected chi connectivity index (χ0v) is 9.08. The van der Waals surface area contributed by atoms with Crippen LogP contribution in [0.3, 0.4) is 0 Å². The fourth-order valence-electron chi connectivity index (χ4n) is 3.95. The highest BCUT2D eigenvalue weighted by atomic mass is 14.5. The molecule has 0 aliphatic heterocycles. The molecule has 1 saturated carbocycles. The van der Waals surface area contributed by atoms with Crippen LogP contribution in [0, 0.1) is 23.2 Å². The minimum absolute atomic E-state index is 0.538. The maximum Gasteiger partial charge on any atom is -0.0107 e. The third kappa shape index (κ3) is 1.20. The Morgan fingerprint density at radius 2 is 2.07 bits per heavy atom. The van der Waals surface area contributed by atoms with Crippen LogP contribution in [0.5, 0.6) is 0 Å². The lowest BCUT2D eigenvalue weighted by atomic mass is 9.67. The third-order valence-corrected chi connectivity index (χ3v) is 4.71. The lowest BCUT2D eigenvalue weighted by molar-refractivity contribution is 0.183. The Kier molecular flexibility index (Phi) is 1.87. The topological polar surface area (TPSA) is 0 Å². The molecule has 14 heavy (non-hydrogen) atoms. The fraction of sp³-hybridized carbons (Fsp3) is 0.714. The highest BCUT2D eigenvalue weighted by Gasteiger charge is 2.43. The lowest BCUT2D eigenvalue weighted by Gasteiger charge is -2.38. The van der Waals surface area contributed by atoms with Crippen molar-refractivity contribution in [2.45, 2.75) is 39.0 Å². The van der Waals surface area contributed by atoms with Crippen molar-refractivity contribution in [3.05, 3.63) is 24.3 Å². The van der Waals surface area contributed by atoms with Gasteiger partial charge in [0.15, 0.2) is 0 Å². The molecule has 0 saturated heterocycles. The van der Waals surface area contributed by atoms with Crippen molar-refractivity contribution in [2.75, 3.05) is 0 Å². The predicted molar refractivity (Wildman–Crippen MR) is 59.9 cm³/mol. The van der Waals surface area contributed by atoms with Crippen LogP contribution < -0.4 is 0 Å². The molecule has 3 aliphatic rings. The number of fused-ring (bicyclic) bond motifs is 4. The first-order valence-electron chi connectivity index (χ1n) is 6.14. The number of rotatable bonds is 0. The molecule has 3 rings (SSSR count). The summed E-state index contributed by atoms with van der Waals surface area (Å²) in [5.41, 5.74) is 0.538. The van der Waals surface area contributed by atoms with E-state index in [1.807, 2.05) is 0 Å². The van der Waals surface area contributed by atoms with Gasteiger partial charge in [0, 0.05) is 0 Å². The molecule has 0 nitrogen and oxygen atoms in total. The van der Waals surface area contributed by atoms with E-state index in [2.05, 4.69) is 31.2 Å². The summed E-state index contributed by atoms with van der Waals surface area (Å²) in [6, 6.07) is 0. The summed E-state index contributed by atoms with van der Waals surface area (Å²) >= 11 is 0. The quantitative estimate of drug-likeness (QED) is 0.505. The monoisotopic (exact) mass is 188 g/mol. The van der Waals surface area contributed by atoms with Crippen LogP contribution >= 0.6 is 0 Å². The van der Waals surface area contributed by atoms with E-state index in [1.54, 1.807) is 0 Å².